The van der Waals surface area contributed by atoms with Crippen LogP contribution in [0.25, 0.3) is 0 Å². The highest BCUT2D eigenvalue weighted by Crippen LogP contribution is 2.29. The van der Waals surface area contributed by atoms with Crippen molar-refractivity contribution in [2.24, 2.45) is 0 Å². The Labute approximate surface area is 108 Å². The molecule has 0 aliphatic heterocycles. The summed E-state index contributed by atoms with van der Waals surface area (Å²) >= 11 is 0. The molecule has 1 heterocycles. The molecule has 0 amide bonds. The molecule has 0 radical (unpaired) electrons. The lowest BCUT2D eigenvalue weighted by Gasteiger charge is -2.23. The molecule has 0 spiro atoms. The predicted octanol–water partition coefficient (Wildman–Crippen LogP) is 2.78. The number of aliphatic hydroxyl groups is 1. The van der Waals surface area contributed by atoms with Gasteiger partial charge in [-0.2, -0.15) is 5.10 Å². The van der Waals surface area contributed by atoms with Gasteiger partial charge in [-0.15, -0.1) is 0 Å². The van der Waals surface area contributed by atoms with Crippen molar-refractivity contribution in [3.63, 3.8) is 0 Å². The van der Waals surface area contributed by atoms with E-state index in [4.69, 9.17) is 0 Å². The lowest BCUT2D eigenvalue weighted by molar-refractivity contribution is 0.102. The third-order valence-corrected chi connectivity index (χ3v) is 3.59. The Morgan fingerprint density at radius 2 is 1.94 bits per heavy atom. The fourth-order valence-electron chi connectivity index (χ4n) is 2.00. The van der Waals surface area contributed by atoms with Crippen LogP contribution in [0.1, 0.15) is 36.1 Å². The monoisotopic (exact) mass is 244 g/mol. The van der Waals surface area contributed by atoms with E-state index in [0.29, 0.717) is 0 Å². The minimum absolute atomic E-state index is 0.809. The molecule has 2 rings (SSSR count). The first kappa shape index (κ1) is 12.8. The van der Waals surface area contributed by atoms with E-state index in [1.807, 2.05) is 42.9 Å². The number of aromatic nitrogens is 2. The Bertz CT molecular complexity index is 555. The minimum Gasteiger partial charge on any atom is -0.381 e. The Hall–Kier alpha value is -1.61. The van der Waals surface area contributed by atoms with Gasteiger partial charge in [0.2, 0.25) is 0 Å². The molecular formula is C15H20N2O. The van der Waals surface area contributed by atoms with Gasteiger partial charge in [0.15, 0.2) is 0 Å². The summed E-state index contributed by atoms with van der Waals surface area (Å²) in [5, 5.41) is 15.0. The zero-order valence-electron chi connectivity index (χ0n) is 11.4. The topological polar surface area (TPSA) is 38.0 Å². The Morgan fingerprint density at radius 1 is 1.22 bits per heavy atom. The minimum atomic E-state index is -0.994. The van der Waals surface area contributed by atoms with Crippen LogP contribution in [0, 0.1) is 13.8 Å². The molecule has 3 nitrogen and oxygen atoms in total. The number of rotatable bonds is 3. The number of hydrogen-bond acceptors (Lipinski definition) is 2. The molecule has 1 atom stereocenters. The molecule has 1 aromatic heterocycles. The van der Waals surface area contributed by atoms with Gasteiger partial charge >= 0.3 is 0 Å². The van der Waals surface area contributed by atoms with Crippen molar-refractivity contribution >= 4 is 0 Å². The van der Waals surface area contributed by atoms with Crippen LogP contribution in [0.15, 0.2) is 30.6 Å². The molecule has 0 bridgehead atoms. The van der Waals surface area contributed by atoms with Crippen LogP contribution in [0.4, 0.5) is 0 Å². The zero-order chi connectivity index (χ0) is 13.3. The second-order valence-electron chi connectivity index (χ2n) is 4.96. The van der Waals surface area contributed by atoms with Crippen molar-refractivity contribution in [1.29, 1.82) is 0 Å². The summed E-state index contributed by atoms with van der Waals surface area (Å²) in [6.45, 7) is 8.78. The molecular weight excluding hydrogens is 224 g/mol. The second-order valence-corrected chi connectivity index (χ2v) is 4.96. The van der Waals surface area contributed by atoms with E-state index in [1.165, 1.54) is 11.1 Å². The summed E-state index contributed by atoms with van der Waals surface area (Å²) in [7, 11) is 0. The number of hydrogen-bond donors (Lipinski definition) is 1. The van der Waals surface area contributed by atoms with E-state index >= 15 is 0 Å². The van der Waals surface area contributed by atoms with E-state index in [0.717, 1.165) is 17.7 Å². The summed E-state index contributed by atoms with van der Waals surface area (Å²) in [6, 6.07) is 6.06. The average Bonchev–Trinajstić information content (AvgIpc) is 2.81. The van der Waals surface area contributed by atoms with E-state index in [2.05, 4.69) is 18.9 Å². The van der Waals surface area contributed by atoms with E-state index in [9.17, 15) is 5.11 Å². The molecule has 0 aliphatic carbocycles. The summed E-state index contributed by atoms with van der Waals surface area (Å²) in [6.07, 6.45) is 3.63. The van der Waals surface area contributed by atoms with Crippen molar-refractivity contribution in [1.82, 2.24) is 9.78 Å². The SMILES string of the molecule is CCn1cc(C(C)(O)c2ccc(C)c(C)c2)cn1. The number of nitrogens with zero attached hydrogens (tertiary/aromatic N) is 2. The van der Waals surface area contributed by atoms with Crippen molar-refractivity contribution < 1.29 is 5.11 Å². The standard InChI is InChI=1S/C15H20N2O/c1-5-17-10-14(9-16-17)15(4,18)13-7-6-11(2)12(3)8-13/h6-10,18H,5H2,1-4H3. The van der Waals surface area contributed by atoms with E-state index in [1.54, 1.807) is 6.20 Å². The van der Waals surface area contributed by atoms with Gasteiger partial charge in [0.1, 0.15) is 5.60 Å². The summed E-state index contributed by atoms with van der Waals surface area (Å²) in [5.41, 5.74) is 3.16. The van der Waals surface area contributed by atoms with Crippen molar-refractivity contribution in [2.75, 3.05) is 0 Å². The van der Waals surface area contributed by atoms with E-state index in [-0.39, 0.29) is 0 Å². The fraction of sp³-hybridized carbons (Fsp3) is 0.400. The van der Waals surface area contributed by atoms with Gasteiger partial charge in [-0.1, -0.05) is 18.2 Å². The van der Waals surface area contributed by atoms with Crippen molar-refractivity contribution in [3.05, 3.63) is 52.8 Å². The molecule has 0 aliphatic rings. The molecule has 1 unspecified atom stereocenters. The maximum absolute atomic E-state index is 10.7. The van der Waals surface area contributed by atoms with Gasteiger partial charge in [0, 0.05) is 18.3 Å². The molecule has 3 heteroatoms. The molecule has 0 saturated heterocycles. The third kappa shape index (κ3) is 2.18. The largest absolute Gasteiger partial charge is 0.381 e. The number of aryl methyl sites for hydroxylation is 3. The molecule has 2 aromatic rings. The average molecular weight is 244 g/mol. The van der Waals surface area contributed by atoms with Crippen LogP contribution in [-0.4, -0.2) is 14.9 Å². The zero-order valence-corrected chi connectivity index (χ0v) is 11.4. The highest BCUT2D eigenvalue weighted by molar-refractivity contribution is 5.38. The van der Waals surface area contributed by atoms with E-state index < -0.39 is 5.60 Å². The normalized spacial score (nSPS) is 14.5. The summed E-state index contributed by atoms with van der Waals surface area (Å²) < 4.78 is 1.82. The maximum Gasteiger partial charge on any atom is 0.115 e. The van der Waals surface area contributed by atoms with Crippen LogP contribution >= 0.6 is 0 Å². The van der Waals surface area contributed by atoms with Gasteiger partial charge < -0.3 is 5.11 Å². The number of benzene rings is 1. The quantitative estimate of drug-likeness (QED) is 0.901. The lowest BCUT2D eigenvalue weighted by atomic mass is 9.88. The molecule has 96 valence electrons. The Kier molecular flexibility index (Phi) is 3.26. The molecule has 0 fully saturated rings. The Balaban J connectivity index is 2.43. The van der Waals surface area contributed by atoms with Crippen LogP contribution < -0.4 is 0 Å². The highest BCUT2D eigenvalue weighted by Gasteiger charge is 2.27. The lowest BCUT2D eigenvalue weighted by Crippen LogP contribution is -2.22. The first-order valence-electron chi connectivity index (χ1n) is 6.28. The molecule has 0 saturated carbocycles. The van der Waals surface area contributed by atoms with Gasteiger partial charge in [-0.25, -0.2) is 0 Å². The van der Waals surface area contributed by atoms with Gasteiger partial charge in [0.05, 0.1) is 6.20 Å². The van der Waals surface area contributed by atoms with Gasteiger partial charge in [0.25, 0.3) is 0 Å². The third-order valence-electron chi connectivity index (χ3n) is 3.59. The van der Waals surface area contributed by atoms with Crippen molar-refractivity contribution in [2.45, 2.75) is 39.8 Å². The smallest absolute Gasteiger partial charge is 0.115 e. The molecule has 1 N–H and O–H groups in total. The summed E-state index contributed by atoms with van der Waals surface area (Å²) in [4.78, 5) is 0. The first-order valence-corrected chi connectivity index (χ1v) is 6.28. The van der Waals surface area contributed by atoms with Crippen LogP contribution in [0.3, 0.4) is 0 Å². The fourth-order valence-corrected chi connectivity index (χ4v) is 2.00. The van der Waals surface area contributed by atoms with Crippen LogP contribution in [0.2, 0.25) is 0 Å². The summed E-state index contributed by atoms with van der Waals surface area (Å²) in [5.74, 6) is 0. The first-order chi connectivity index (χ1) is 8.45. The maximum atomic E-state index is 10.7. The van der Waals surface area contributed by atoms with Crippen LogP contribution in [0.5, 0.6) is 0 Å². The molecule has 18 heavy (non-hydrogen) atoms. The second kappa shape index (κ2) is 4.58. The van der Waals surface area contributed by atoms with Crippen molar-refractivity contribution in [3.8, 4) is 0 Å². The van der Waals surface area contributed by atoms with Gasteiger partial charge in [-0.3, -0.25) is 4.68 Å². The predicted molar refractivity (Wildman–Crippen MR) is 72.5 cm³/mol. The van der Waals surface area contributed by atoms with Crippen LogP contribution in [-0.2, 0) is 12.1 Å². The molecule has 1 aromatic carbocycles. The Morgan fingerprint density at radius 3 is 2.50 bits per heavy atom. The highest BCUT2D eigenvalue weighted by atomic mass is 16.3. The van der Waals surface area contributed by atoms with Gasteiger partial charge in [-0.05, 0) is 44.4 Å².